The summed E-state index contributed by atoms with van der Waals surface area (Å²) in [4.78, 5) is 14.2. The number of anilines is 3. The molecule has 2 aromatic carbocycles. The first kappa shape index (κ1) is 23.7. The average molecular weight is 493 g/mol. The highest BCUT2D eigenvalue weighted by Gasteiger charge is 2.28. The Morgan fingerprint density at radius 2 is 1.77 bits per heavy atom. The van der Waals surface area contributed by atoms with Crippen LogP contribution in [0, 0.1) is 6.92 Å². The van der Waals surface area contributed by atoms with Crippen molar-refractivity contribution in [2.45, 2.75) is 37.1 Å². The summed E-state index contributed by atoms with van der Waals surface area (Å²) in [6.45, 7) is 6.19. The molecule has 2 aliphatic rings. The second kappa shape index (κ2) is 9.93. The molecule has 2 heterocycles. The van der Waals surface area contributed by atoms with E-state index in [2.05, 4.69) is 56.1 Å². The van der Waals surface area contributed by atoms with Gasteiger partial charge in [0.05, 0.1) is 10.6 Å². The topological polar surface area (TPSA) is 90.5 Å². The summed E-state index contributed by atoms with van der Waals surface area (Å²) in [6.07, 6.45) is 4.15. The van der Waals surface area contributed by atoms with Crippen molar-refractivity contribution in [1.29, 1.82) is 0 Å². The third-order valence-electron chi connectivity index (χ3n) is 6.55. The van der Waals surface area contributed by atoms with E-state index in [0.29, 0.717) is 17.3 Å². The first-order valence-corrected chi connectivity index (χ1v) is 13.6. The van der Waals surface area contributed by atoms with Gasteiger partial charge in [0.1, 0.15) is 0 Å². The van der Waals surface area contributed by atoms with Crippen LogP contribution in [0.2, 0.25) is 0 Å². The lowest BCUT2D eigenvalue weighted by molar-refractivity contribution is 0.313. The van der Waals surface area contributed by atoms with Gasteiger partial charge >= 0.3 is 0 Å². The molecule has 2 fully saturated rings. The predicted molar refractivity (Wildman–Crippen MR) is 139 cm³/mol. The highest BCUT2D eigenvalue weighted by molar-refractivity contribution is 7.89. The van der Waals surface area contributed by atoms with Crippen molar-refractivity contribution in [3.05, 3.63) is 71.5 Å². The molecule has 0 amide bonds. The largest absolute Gasteiger partial charge is 0.369 e. The summed E-state index contributed by atoms with van der Waals surface area (Å²) < 4.78 is 27.9. The normalized spacial score (nSPS) is 16.9. The quantitative estimate of drug-likeness (QED) is 0.499. The molecule has 0 radical (unpaired) electrons. The van der Waals surface area contributed by atoms with Crippen LogP contribution in [0.4, 0.5) is 17.3 Å². The van der Waals surface area contributed by atoms with E-state index in [-0.39, 0.29) is 6.04 Å². The van der Waals surface area contributed by atoms with Crippen LogP contribution in [0.3, 0.4) is 0 Å². The molecule has 184 valence electrons. The first-order chi connectivity index (χ1) is 16.9. The van der Waals surface area contributed by atoms with Crippen molar-refractivity contribution in [2.75, 3.05) is 43.4 Å². The van der Waals surface area contributed by atoms with Gasteiger partial charge in [-0.2, -0.15) is 0 Å². The number of piperazine rings is 1. The Morgan fingerprint density at radius 1 is 1.03 bits per heavy atom. The number of sulfonamides is 1. The number of hydrogen-bond donors (Lipinski definition) is 2. The van der Waals surface area contributed by atoms with Gasteiger partial charge in [0, 0.05) is 56.2 Å². The minimum Gasteiger partial charge on any atom is -0.369 e. The van der Waals surface area contributed by atoms with Gasteiger partial charge in [-0.05, 0) is 74.3 Å². The minimum absolute atomic E-state index is 0.0806. The summed E-state index contributed by atoms with van der Waals surface area (Å²) in [6, 6.07) is 15.5. The Bertz CT molecular complexity index is 1280. The van der Waals surface area contributed by atoms with Crippen LogP contribution in [0.5, 0.6) is 0 Å². The lowest BCUT2D eigenvalue weighted by atomic mass is 10.1. The zero-order chi connectivity index (χ0) is 24.4. The smallest absolute Gasteiger partial charge is 0.240 e. The number of benzene rings is 2. The Hall–Kier alpha value is -3.01. The van der Waals surface area contributed by atoms with Gasteiger partial charge in [-0.15, -0.1) is 0 Å². The molecule has 9 heteroatoms. The molecular weight excluding hydrogens is 460 g/mol. The van der Waals surface area contributed by atoms with Gasteiger partial charge in [-0.25, -0.2) is 23.1 Å². The van der Waals surface area contributed by atoms with Crippen LogP contribution in [0.15, 0.2) is 59.6 Å². The van der Waals surface area contributed by atoms with E-state index in [0.717, 1.165) is 61.5 Å². The van der Waals surface area contributed by atoms with E-state index >= 15 is 0 Å². The van der Waals surface area contributed by atoms with Gasteiger partial charge in [0.25, 0.3) is 0 Å². The lowest BCUT2D eigenvalue weighted by Gasteiger charge is -2.34. The van der Waals surface area contributed by atoms with E-state index in [1.165, 1.54) is 5.69 Å². The van der Waals surface area contributed by atoms with Crippen molar-refractivity contribution in [3.8, 4) is 0 Å². The Balaban J connectivity index is 1.27. The molecule has 2 N–H and O–H groups in total. The number of aromatic nitrogens is 2. The van der Waals surface area contributed by atoms with Crippen LogP contribution in [0.1, 0.15) is 29.7 Å². The number of rotatable bonds is 8. The maximum Gasteiger partial charge on any atom is 0.240 e. The molecule has 0 atom stereocenters. The minimum atomic E-state index is -3.49. The van der Waals surface area contributed by atoms with E-state index < -0.39 is 10.0 Å². The van der Waals surface area contributed by atoms with Crippen molar-refractivity contribution in [1.82, 2.24) is 19.6 Å². The highest BCUT2D eigenvalue weighted by Crippen LogP contribution is 2.24. The zero-order valence-electron chi connectivity index (χ0n) is 20.2. The summed E-state index contributed by atoms with van der Waals surface area (Å²) in [5.74, 6) is 0.525. The van der Waals surface area contributed by atoms with Gasteiger partial charge in [-0.1, -0.05) is 12.1 Å². The van der Waals surface area contributed by atoms with E-state index in [4.69, 9.17) is 4.98 Å². The monoisotopic (exact) mass is 492 g/mol. The van der Waals surface area contributed by atoms with Crippen molar-refractivity contribution in [2.24, 2.45) is 0 Å². The number of likely N-dealkylation sites (N-methyl/N-ethyl adjacent to an activating group) is 1. The van der Waals surface area contributed by atoms with Gasteiger partial charge in [0.15, 0.2) is 0 Å². The molecule has 1 aliphatic heterocycles. The second-order valence-electron chi connectivity index (χ2n) is 9.51. The number of hydrogen-bond acceptors (Lipinski definition) is 7. The number of nitrogens with zero attached hydrogens (tertiary/aromatic N) is 4. The maximum absolute atomic E-state index is 12.6. The zero-order valence-corrected chi connectivity index (χ0v) is 21.1. The fraction of sp³-hybridized carbons (Fsp3) is 0.385. The van der Waals surface area contributed by atoms with Crippen LogP contribution in [0.25, 0.3) is 0 Å². The first-order valence-electron chi connectivity index (χ1n) is 12.1. The number of nitrogens with one attached hydrogen (secondary N) is 2. The molecule has 3 aromatic rings. The molecule has 35 heavy (non-hydrogen) atoms. The SMILES string of the molecule is Cc1cnc(Nc2ccc(N3CCN(C)CC3)cc2)nc1Cc1cccc(S(=O)(=O)NC2CC2)c1. The number of aryl methyl sites for hydroxylation is 1. The molecule has 5 rings (SSSR count). The fourth-order valence-corrected chi connectivity index (χ4v) is 5.55. The maximum atomic E-state index is 12.6. The van der Waals surface area contributed by atoms with E-state index in [9.17, 15) is 8.42 Å². The summed E-state index contributed by atoms with van der Waals surface area (Å²) in [5, 5.41) is 3.30. The Labute approximate surface area is 207 Å². The Morgan fingerprint density at radius 3 is 2.49 bits per heavy atom. The molecule has 8 nitrogen and oxygen atoms in total. The molecule has 0 bridgehead atoms. The average Bonchev–Trinajstić information content (AvgIpc) is 3.66. The van der Waals surface area contributed by atoms with Gasteiger partial charge < -0.3 is 15.1 Å². The summed E-state index contributed by atoms with van der Waals surface area (Å²) in [7, 11) is -1.33. The molecule has 1 aliphatic carbocycles. The van der Waals surface area contributed by atoms with Gasteiger partial charge in [0.2, 0.25) is 16.0 Å². The molecule has 1 aromatic heterocycles. The Kier molecular flexibility index (Phi) is 6.73. The summed E-state index contributed by atoms with van der Waals surface area (Å²) in [5.41, 5.74) is 4.87. The summed E-state index contributed by atoms with van der Waals surface area (Å²) >= 11 is 0. The predicted octanol–water partition coefficient (Wildman–Crippen LogP) is 3.31. The fourth-order valence-electron chi connectivity index (χ4n) is 4.17. The van der Waals surface area contributed by atoms with Crippen LogP contribution in [-0.2, 0) is 16.4 Å². The molecule has 0 unspecified atom stereocenters. The van der Waals surface area contributed by atoms with Crippen LogP contribution in [-0.4, -0.2) is 62.6 Å². The van der Waals surface area contributed by atoms with Crippen molar-refractivity contribution in [3.63, 3.8) is 0 Å². The third-order valence-corrected chi connectivity index (χ3v) is 8.07. The van der Waals surface area contributed by atoms with Crippen LogP contribution < -0.4 is 14.9 Å². The third kappa shape index (κ3) is 5.98. The molecule has 1 saturated carbocycles. The highest BCUT2D eigenvalue weighted by atomic mass is 32.2. The van der Waals surface area contributed by atoms with E-state index in [1.54, 1.807) is 24.4 Å². The van der Waals surface area contributed by atoms with Gasteiger partial charge in [-0.3, -0.25) is 0 Å². The molecular formula is C26H32N6O2S. The van der Waals surface area contributed by atoms with Crippen LogP contribution >= 0.6 is 0 Å². The van der Waals surface area contributed by atoms with Crippen molar-refractivity contribution < 1.29 is 8.42 Å². The van der Waals surface area contributed by atoms with Crippen molar-refractivity contribution >= 4 is 27.3 Å². The van der Waals surface area contributed by atoms with E-state index in [1.807, 2.05) is 13.0 Å². The lowest BCUT2D eigenvalue weighted by Crippen LogP contribution is -2.44. The molecule has 0 spiro atoms. The second-order valence-corrected chi connectivity index (χ2v) is 11.2. The standard InChI is InChI=1S/C26H32N6O2S/c1-19-18-27-26(28-21-8-10-23(11-9-21)32-14-12-31(2)13-15-32)29-25(19)17-20-4-3-5-24(16-20)35(33,34)30-22-6-7-22/h3-5,8-11,16,18,22,30H,6-7,12-15,17H2,1-2H3,(H,27,28,29). The molecule has 1 saturated heterocycles.